The maximum absolute atomic E-state index is 12.1. The van der Waals surface area contributed by atoms with Gasteiger partial charge in [0.15, 0.2) is 5.65 Å². The van der Waals surface area contributed by atoms with Crippen LogP contribution < -0.4 is 10.9 Å². The number of nitrogens with one attached hydrogen (secondary N) is 2. The minimum absolute atomic E-state index is 0.128. The molecule has 2 aromatic heterocycles. The Morgan fingerprint density at radius 1 is 1.28 bits per heavy atom. The van der Waals surface area contributed by atoms with Crippen LogP contribution in [0.25, 0.3) is 11.0 Å². The molecule has 0 radical (unpaired) electrons. The molecule has 3 heterocycles. The first-order chi connectivity index (χ1) is 12.1. The summed E-state index contributed by atoms with van der Waals surface area (Å²) in [5.41, 5.74) is 0.456. The predicted molar refractivity (Wildman–Crippen MR) is 92.0 cm³/mol. The molecule has 2 aliphatic rings. The van der Waals surface area contributed by atoms with E-state index in [1.54, 1.807) is 11.7 Å². The Bertz CT molecular complexity index is 831. The van der Waals surface area contributed by atoms with Gasteiger partial charge in [-0.05, 0) is 12.8 Å². The monoisotopic (exact) mass is 345 g/mol. The van der Waals surface area contributed by atoms with Crippen LogP contribution >= 0.6 is 0 Å². The topological polar surface area (TPSA) is 99.2 Å². The number of aromatic nitrogens is 4. The van der Waals surface area contributed by atoms with E-state index >= 15 is 0 Å². The highest BCUT2D eigenvalue weighted by Crippen LogP contribution is 2.18. The first-order valence-electron chi connectivity index (χ1n) is 8.73. The van der Waals surface area contributed by atoms with E-state index in [1.807, 2.05) is 0 Å². The lowest BCUT2D eigenvalue weighted by Crippen LogP contribution is -2.49. The largest absolute Gasteiger partial charge is 0.352 e. The normalized spacial score (nSPS) is 19.4. The van der Waals surface area contributed by atoms with Crippen molar-refractivity contribution >= 4 is 16.9 Å². The lowest BCUT2D eigenvalue weighted by molar-refractivity contribution is -0.122. The van der Waals surface area contributed by atoms with Crippen LogP contribution in [-0.2, 0) is 18.4 Å². The fourth-order valence-electron chi connectivity index (χ4n) is 3.17. The van der Waals surface area contributed by atoms with Gasteiger partial charge in [0, 0.05) is 39.3 Å². The molecule has 1 aliphatic carbocycles. The van der Waals surface area contributed by atoms with E-state index in [4.69, 9.17) is 0 Å². The molecule has 1 aliphatic heterocycles. The standard InChI is InChI=1S/C16H23N7O2/c1-21-15-12(8-17-21)16(25)20-13(19-15)9-22-4-6-23(7-5-22)10-14(24)18-11-2-3-11/h8,11H,2-7,9-10H2,1H3,(H,18,24)(H,19,20,25). The molecule has 0 bridgehead atoms. The number of hydrogen-bond acceptors (Lipinski definition) is 6. The van der Waals surface area contributed by atoms with Crippen molar-refractivity contribution < 1.29 is 4.79 Å². The quantitative estimate of drug-likeness (QED) is 0.725. The van der Waals surface area contributed by atoms with E-state index in [1.165, 1.54) is 6.20 Å². The Hall–Kier alpha value is -2.26. The summed E-state index contributed by atoms with van der Waals surface area (Å²) in [4.78, 5) is 35.8. The second-order valence-corrected chi connectivity index (χ2v) is 6.91. The van der Waals surface area contributed by atoms with Crippen molar-refractivity contribution in [3.63, 3.8) is 0 Å². The third-order valence-corrected chi connectivity index (χ3v) is 4.80. The van der Waals surface area contributed by atoms with Crippen molar-refractivity contribution in [1.82, 2.24) is 34.9 Å². The lowest BCUT2D eigenvalue weighted by atomic mass is 10.3. The Morgan fingerprint density at radius 2 is 2.00 bits per heavy atom. The van der Waals surface area contributed by atoms with Gasteiger partial charge in [0.2, 0.25) is 5.91 Å². The number of carbonyl (C=O) groups excluding carboxylic acids is 1. The molecule has 134 valence electrons. The summed E-state index contributed by atoms with van der Waals surface area (Å²) in [7, 11) is 1.78. The Labute approximate surface area is 145 Å². The number of aromatic amines is 1. The summed E-state index contributed by atoms with van der Waals surface area (Å²) >= 11 is 0. The van der Waals surface area contributed by atoms with Crippen LogP contribution in [0.1, 0.15) is 18.7 Å². The molecule has 9 heteroatoms. The van der Waals surface area contributed by atoms with Crippen LogP contribution in [0.15, 0.2) is 11.0 Å². The molecular formula is C16H23N7O2. The molecule has 25 heavy (non-hydrogen) atoms. The molecule has 9 nitrogen and oxygen atoms in total. The Morgan fingerprint density at radius 3 is 2.72 bits per heavy atom. The summed E-state index contributed by atoms with van der Waals surface area (Å²) in [5, 5.41) is 7.62. The van der Waals surface area contributed by atoms with Crippen LogP contribution in [0.3, 0.4) is 0 Å². The van der Waals surface area contributed by atoms with Crippen molar-refractivity contribution in [2.75, 3.05) is 32.7 Å². The summed E-state index contributed by atoms with van der Waals surface area (Å²) in [6, 6.07) is 0.415. The van der Waals surface area contributed by atoms with Crippen LogP contribution in [0, 0.1) is 0 Å². The lowest BCUT2D eigenvalue weighted by Gasteiger charge is -2.33. The molecular weight excluding hydrogens is 322 g/mol. The molecule has 0 atom stereocenters. The summed E-state index contributed by atoms with van der Waals surface area (Å²) in [6.45, 7) is 4.46. The number of fused-ring (bicyclic) bond motifs is 1. The summed E-state index contributed by atoms with van der Waals surface area (Å²) in [6.07, 6.45) is 3.77. The molecule has 2 N–H and O–H groups in total. The van der Waals surface area contributed by atoms with Crippen LogP contribution in [0.5, 0.6) is 0 Å². The van der Waals surface area contributed by atoms with Crippen molar-refractivity contribution in [2.24, 2.45) is 7.05 Å². The van der Waals surface area contributed by atoms with Crippen LogP contribution in [0.4, 0.5) is 0 Å². The number of nitrogens with zero attached hydrogens (tertiary/aromatic N) is 5. The third kappa shape index (κ3) is 3.72. The molecule has 4 rings (SSSR count). The first-order valence-corrected chi connectivity index (χ1v) is 8.73. The maximum Gasteiger partial charge on any atom is 0.262 e. The molecule has 1 saturated carbocycles. The van der Waals surface area contributed by atoms with E-state index in [-0.39, 0.29) is 11.5 Å². The first kappa shape index (κ1) is 16.2. The van der Waals surface area contributed by atoms with Crippen molar-refractivity contribution in [2.45, 2.75) is 25.4 Å². The molecule has 1 amide bonds. The second-order valence-electron chi connectivity index (χ2n) is 6.91. The van der Waals surface area contributed by atoms with E-state index in [0.717, 1.165) is 39.0 Å². The van der Waals surface area contributed by atoms with Gasteiger partial charge in [0.25, 0.3) is 5.56 Å². The van der Waals surface area contributed by atoms with Gasteiger partial charge in [-0.2, -0.15) is 5.10 Å². The minimum atomic E-state index is -0.150. The highest BCUT2D eigenvalue weighted by atomic mass is 16.2. The molecule has 1 saturated heterocycles. The SMILES string of the molecule is Cn1ncc2c(=O)[nH]c(CN3CCN(CC(=O)NC4CC4)CC3)nc21. The van der Waals surface area contributed by atoms with Crippen LogP contribution in [0.2, 0.25) is 0 Å². The second kappa shape index (κ2) is 6.57. The third-order valence-electron chi connectivity index (χ3n) is 4.80. The number of carbonyl (C=O) groups is 1. The molecule has 0 aromatic carbocycles. The molecule has 2 aromatic rings. The van der Waals surface area contributed by atoms with Gasteiger partial charge in [-0.1, -0.05) is 0 Å². The zero-order chi connectivity index (χ0) is 17.4. The number of hydrogen-bond donors (Lipinski definition) is 2. The van der Waals surface area contributed by atoms with Gasteiger partial charge in [0.05, 0.1) is 19.3 Å². The summed E-state index contributed by atoms with van der Waals surface area (Å²) < 4.78 is 1.62. The molecule has 2 fully saturated rings. The van der Waals surface area contributed by atoms with E-state index in [0.29, 0.717) is 36.0 Å². The fraction of sp³-hybridized carbons (Fsp3) is 0.625. The minimum Gasteiger partial charge on any atom is -0.352 e. The predicted octanol–water partition coefficient (Wildman–Crippen LogP) is -0.947. The van der Waals surface area contributed by atoms with Crippen molar-refractivity contribution in [3.05, 3.63) is 22.4 Å². The van der Waals surface area contributed by atoms with E-state index in [9.17, 15) is 9.59 Å². The van der Waals surface area contributed by atoms with E-state index in [2.05, 4.69) is 30.2 Å². The highest BCUT2D eigenvalue weighted by molar-refractivity contribution is 5.78. The zero-order valence-corrected chi connectivity index (χ0v) is 14.4. The summed E-state index contributed by atoms with van der Waals surface area (Å²) in [5.74, 6) is 0.782. The average Bonchev–Trinajstić information content (AvgIpc) is 3.31. The number of rotatable bonds is 5. The average molecular weight is 345 g/mol. The number of H-pyrrole nitrogens is 1. The molecule has 0 spiro atoms. The number of amides is 1. The van der Waals surface area contributed by atoms with Gasteiger partial charge in [0.1, 0.15) is 11.2 Å². The number of aryl methyl sites for hydroxylation is 1. The van der Waals surface area contributed by atoms with Crippen molar-refractivity contribution in [1.29, 1.82) is 0 Å². The van der Waals surface area contributed by atoms with Gasteiger partial charge >= 0.3 is 0 Å². The highest BCUT2D eigenvalue weighted by Gasteiger charge is 2.25. The van der Waals surface area contributed by atoms with E-state index < -0.39 is 0 Å². The van der Waals surface area contributed by atoms with Gasteiger partial charge in [-0.3, -0.25) is 24.1 Å². The molecule has 0 unspecified atom stereocenters. The smallest absolute Gasteiger partial charge is 0.262 e. The van der Waals surface area contributed by atoms with Gasteiger partial charge < -0.3 is 10.3 Å². The Kier molecular flexibility index (Phi) is 4.26. The van der Waals surface area contributed by atoms with Crippen LogP contribution in [-0.4, -0.2) is 74.2 Å². The van der Waals surface area contributed by atoms with Gasteiger partial charge in [-0.25, -0.2) is 4.98 Å². The van der Waals surface area contributed by atoms with Gasteiger partial charge in [-0.15, -0.1) is 0 Å². The number of piperazine rings is 1. The zero-order valence-electron chi connectivity index (χ0n) is 14.4. The maximum atomic E-state index is 12.1. The Balaban J connectivity index is 1.33. The fourth-order valence-corrected chi connectivity index (χ4v) is 3.17. The van der Waals surface area contributed by atoms with Crippen molar-refractivity contribution in [3.8, 4) is 0 Å².